The van der Waals surface area contributed by atoms with Crippen molar-refractivity contribution >= 4 is 40.2 Å². The number of fused-ring (bicyclic) bond motifs is 1. The van der Waals surface area contributed by atoms with Crippen molar-refractivity contribution in [2.45, 2.75) is 24.9 Å². The van der Waals surface area contributed by atoms with Crippen LogP contribution in [0.25, 0.3) is 22.6 Å². The van der Waals surface area contributed by atoms with Gasteiger partial charge in [-0.15, -0.1) is 0 Å². The maximum absolute atomic E-state index is 10.3. The van der Waals surface area contributed by atoms with Gasteiger partial charge in [-0.2, -0.15) is 0 Å². The molecule has 8 nitrogen and oxygen atoms in total. The van der Waals surface area contributed by atoms with Crippen LogP contribution in [0.15, 0.2) is 24.5 Å². The van der Waals surface area contributed by atoms with Gasteiger partial charge in [-0.1, -0.05) is 23.2 Å². The van der Waals surface area contributed by atoms with Gasteiger partial charge < -0.3 is 20.7 Å². The predicted molar refractivity (Wildman–Crippen MR) is 96.8 cm³/mol. The van der Waals surface area contributed by atoms with Gasteiger partial charge in [0.25, 0.3) is 0 Å². The SMILES string of the molecule is Nc1nc(-c2ccc(Cl)c(Cl)c2)nc2c1ncn2C1OC(CO)C[C@H]1O. The number of halogens is 2. The molecule has 4 rings (SSSR count). The second-order valence-corrected chi connectivity index (χ2v) is 6.83. The molecule has 2 aromatic heterocycles. The van der Waals surface area contributed by atoms with Gasteiger partial charge in [0.1, 0.15) is 11.6 Å². The topological polar surface area (TPSA) is 119 Å². The van der Waals surface area contributed by atoms with E-state index in [-0.39, 0.29) is 12.4 Å². The van der Waals surface area contributed by atoms with Crippen molar-refractivity contribution < 1.29 is 14.9 Å². The average Bonchev–Trinajstić information content (AvgIpc) is 3.20. The molecule has 0 amide bonds. The number of benzene rings is 1. The number of nitrogens with two attached hydrogens (primary N) is 1. The minimum atomic E-state index is -0.797. The molecule has 3 aromatic rings. The molecule has 3 heterocycles. The minimum Gasteiger partial charge on any atom is -0.394 e. The number of nitrogens with zero attached hydrogens (tertiary/aromatic N) is 4. The van der Waals surface area contributed by atoms with Crippen molar-refractivity contribution in [1.29, 1.82) is 0 Å². The van der Waals surface area contributed by atoms with Gasteiger partial charge in [-0.3, -0.25) is 4.57 Å². The summed E-state index contributed by atoms with van der Waals surface area (Å²) in [4.78, 5) is 13.0. The third-order valence-corrected chi connectivity index (χ3v) is 5.01. The fraction of sp³-hybridized carbons (Fsp3) is 0.312. The summed E-state index contributed by atoms with van der Waals surface area (Å²) in [6.45, 7) is -0.175. The summed E-state index contributed by atoms with van der Waals surface area (Å²) in [5.74, 6) is 0.544. The number of hydrogen-bond acceptors (Lipinski definition) is 7. The van der Waals surface area contributed by atoms with E-state index in [1.165, 1.54) is 6.33 Å². The predicted octanol–water partition coefficient (Wildman–Crippen LogP) is 2.02. The Bertz CT molecular complexity index is 980. The summed E-state index contributed by atoms with van der Waals surface area (Å²) in [6, 6.07) is 5.03. The maximum atomic E-state index is 10.3. The molecule has 136 valence electrons. The molecule has 0 aliphatic carbocycles. The van der Waals surface area contributed by atoms with E-state index < -0.39 is 18.4 Å². The molecule has 1 aliphatic rings. The van der Waals surface area contributed by atoms with Crippen LogP contribution in [0.3, 0.4) is 0 Å². The monoisotopic (exact) mass is 395 g/mol. The van der Waals surface area contributed by atoms with E-state index in [0.29, 0.717) is 39.0 Å². The Morgan fingerprint density at radius 2 is 2.08 bits per heavy atom. The Morgan fingerprint density at radius 1 is 1.27 bits per heavy atom. The fourth-order valence-electron chi connectivity index (χ4n) is 2.99. The number of nitrogen functional groups attached to an aromatic ring is 1. The van der Waals surface area contributed by atoms with Gasteiger partial charge >= 0.3 is 0 Å². The van der Waals surface area contributed by atoms with Gasteiger partial charge in [0.2, 0.25) is 0 Å². The Hall–Kier alpha value is -1.97. The average molecular weight is 396 g/mol. The van der Waals surface area contributed by atoms with E-state index in [4.69, 9.17) is 33.7 Å². The molecule has 3 atom stereocenters. The highest BCUT2D eigenvalue weighted by atomic mass is 35.5. The van der Waals surface area contributed by atoms with Crippen molar-refractivity contribution in [3.8, 4) is 11.4 Å². The number of aliphatic hydroxyl groups is 2. The molecule has 0 spiro atoms. The van der Waals surface area contributed by atoms with Gasteiger partial charge in [-0.05, 0) is 18.2 Å². The Labute approximate surface area is 158 Å². The first-order valence-corrected chi connectivity index (χ1v) is 8.63. The molecular formula is C16H15Cl2N5O3. The summed E-state index contributed by atoms with van der Waals surface area (Å²) in [5.41, 5.74) is 7.49. The van der Waals surface area contributed by atoms with Crippen molar-refractivity contribution in [1.82, 2.24) is 19.5 Å². The zero-order chi connectivity index (χ0) is 18.4. The largest absolute Gasteiger partial charge is 0.394 e. The van der Waals surface area contributed by atoms with E-state index in [2.05, 4.69) is 15.0 Å². The van der Waals surface area contributed by atoms with Crippen molar-refractivity contribution in [3.05, 3.63) is 34.6 Å². The molecule has 0 bridgehead atoms. The highest BCUT2D eigenvalue weighted by molar-refractivity contribution is 6.42. The Morgan fingerprint density at radius 3 is 2.77 bits per heavy atom. The first kappa shape index (κ1) is 17.4. The number of ether oxygens (including phenoxy) is 1. The van der Waals surface area contributed by atoms with Crippen LogP contribution in [0.4, 0.5) is 5.82 Å². The molecule has 1 aliphatic heterocycles. The summed E-state index contributed by atoms with van der Waals surface area (Å²) in [7, 11) is 0. The quantitative estimate of drug-likeness (QED) is 0.620. The fourth-order valence-corrected chi connectivity index (χ4v) is 3.28. The van der Waals surface area contributed by atoms with Crippen LogP contribution in [0, 0.1) is 0 Å². The highest BCUT2D eigenvalue weighted by Gasteiger charge is 2.36. The minimum absolute atomic E-state index is 0.175. The molecule has 1 aromatic carbocycles. The summed E-state index contributed by atoms with van der Waals surface area (Å²) in [6.07, 6.45) is -0.147. The lowest BCUT2D eigenvalue weighted by atomic mass is 10.2. The normalized spacial score (nSPS) is 23.0. The second kappa shape index (κ2) is 6.64. The number of rotatable bonds is 3. The molecule has 2 unspecified atom stereocenters. The van der Waals surface area contributed by atoms with E-state index >= 15 is 0 Å². The summed E-state index contributed by atoms with van der Waals surface area (Å²) < 4.78 is 7.27. The molecule has 26 heavy (non-hydrogen) atoms. The number of anilines is 1. The first-order chi connectivity index (χ1) is 12.5. The van der Waals surface area contributed by atoms with Crippen LogP contribution in [0.5, 0.6) is 0 Å². The first-order valence-electron chi connectivity index (χ1n) is 7.87. The van der Waals surface area contributed by atoms with Gasteiger partial charge in [0.05, 0.1) is 29.1 Å². The summed E-state index contributed by atoms with van der Waals surface area (Å²) in [5, 5.41) is 20.3. The number of aromatic nitrogens is 4. The summed E-state index contributed by atoms with van der Waals surface area (Å²) >= 11 is 12.0. The van der Waals surface area contributed by atoms with E-state index in [9.17, 15) is 10.2 Å². The van der Waals surface area contributed by atoms with Crippen LogP contribution in [0.1, 0.15) is 12.6 Å². The molecule has 0 saturated carbocycles. The molecule has 4 N–H and O–H groups in total. The Balaban J connectivity index is 1.82. The van der Waals surface area contributed by atoms with Gasteiger partial charge in [0, 0.05) is 12.0 Å². The number of imidazole rings is 1. The third-order valence-electron chi connectivity index (χ3n) is 4.27. The van der Waals surface area contributed by atoms with Crippen molar-refractivity contribution in [3.63, 3.8) is 0 Å². The lowest BCUT2D eigenvalue weighted by molar-refractivity contribution is -0.0486. The molecule has 0 radical (unpaired) electrons. The molecule has 10 heteroatoms. The molecular weight excluding hydrogens is 381 g/mol. The van der Waals surface area contributed by atoms with Crippen LogP contribution in [0.2, 0.25) is 10.0 Å². The van der Waals surface area contributed by atoms with Crippen molar-refractivity contribution in [2.24, 2.45) is 0 Å². The third kappa shape index (κ3) is 2.89. The van der Waals surface area contributed by atoms with Crippen LogP contribution in [-0.4, -0.2) is 48.5 Å². The van der Waals surface area contributed by atoms with Crippen LogP contribution < -0.4 is 5.73 Å². The Kier molecular flexibility index (Phi) is 4.45. The standard InChI is InChI=1S/C16H15Cl2N5O3/c17-9-2-1-7(3-10(9)18)14-21-13(19)12-15(22-14)23(6-20-12)16-11(25)4-8(5-24)26-16/h1-3,6,8,11,16,24-25H,4-5H2,(H2,19,21,22)/t8?,11-,16?/m1/s1. The van der Waals surface area contributed by atoms with Crippen molar-refractivity contribution in [2.75, 3.05) is 12.3 Å². The number of hydrogen-bond donors (Lipinski definition) is 3. The van der Waals surface area contributed by atoms with Gasteiger partial charge in [0.15, 0.2) is 23.5 Å². The number of aliphatic hydroxyl groups excluding tert-OH is 2. The van der Waals surface area contributed by atoms with E-state index in [0.717, 1.165) is 0 Å². The second-order valence-electron chi connectivity index (χ2n) is 6.02. The van der Waals surface area contributed by atoms with E-state index in [1.807, 2.05) is 0 Å². The maximum Gasteiger partial charge on any atom is 0.168 e. The highest BCUT2D eigenvalue weighted by Crippen LogP contribution is 2.33. The van der Waals surface area contributed by atoms with Gasteiger partial charge in [-0.25, -0.2) is 15.0 Å². The lowest BCUT2D eigenvalue weighted by Crippen LogP contribution is -2.19. The van der Waals surface area contributed by atoms with Crippen LogP contribution in [-0.2, 0) is 4.74 Å². The molecule has 1 saturated heterocycles. The van der Waals surface area contributed by atoms with E-state index in [1.54, 1.807) is 22.8 Å². The van der Waals surface area contributed by atoms with Crippen LogP contribution >= 0.6 is 23.2 Å². The zero-order valence-corrected chi connectivity index (χ0v) is 14.9. The smallest absolute Gasteiger partial charge is 0.168 e. The zero-order valence-electron chi connectivity index (χ0n) is 13.4. The lowest BCUT2D eigenvalue weighted by Gasteiger charge is -2.16. The molecule has 1 fully saturated rings.